The first-order valence-corrected chi connectivity index (χ1v) is 13.2. The molecule has 36 heavy (non-hydrogen) atoms. The number of nitrogens with zero attached hydrogens (tertiary/aromatic N) is 1. The molecule has 12 heteroatoms. The van der Waals surface area contributed by atoms with E-state index in [0.29, 0.717) is 18.6 Å². The van der Waals surface area contributed by atoms with E-state index in [2.05, 4.69) is 5.32 Å². The Bertz CT molecular complexity index is 1050. The number of carbonyl (C=O) groups is 4. The van der Waals surface area contributed by atoms with Crippen LogP contribution in [-0.2, 0) is 29.7 Å². The van der Waals surface area contributed by atoms with E-state index < -0.39 is 48.9 Å². The number of benzene rings is 1. The second kappa shape index (κ2) is 13.4. The maximum atomic E-state index is 13.2. The van der Waals surface area contributed by atoms with Crippen LogP contribution in [-0.4, -0.2) is 66.2 Å². The first-order valence-electron chi connectivity index (χ1n) is 11.3. The molecule has 3 rings (SSSR count). The van der Waals surface area contributed by atoms with E-state index in [4.69, 9.17) is 10.5 Å². The minimum Gasteiger partial charge on any atom is -0.548 e. The Hall–Kier alpha value is -2.96. The summed E-state index contributed by atoms with van der Waals surface area (Å²) in [5.74, 6) is -3.36. The fourth-order valence-electron chi connectivity index (χ4n) is 3.88. The number of amides is 3. The van der Waals surface area contributed by atoms with Crippen LogP contribution in [0.25, 0.3) is 0 Å². The number of ether oxygens (including phenoxy) is 1. The Balaban J connectivity index is 1.66. The van der Waals surface area contributed by atoms with Gasteiger partial charge in [-0.2, -0.15) is 11.8 Å². The number of nitrogens with two attached hydrogens (primary N) is 1. The van der Waals surface area contributed by atoms with Gasteiger partial charge in [-0.25, -0.2) is 4.39 Å². The molecule has 1 aliphatic heterocycles. The topological polar surface area (TPSA) is 142 Å². The maximum absolute atomic E-state index is 13.2. The van der Waals surface area contributed by atoms with Crippen LogP contribution in [0.1, 0.15) is 29.2 Å². The first kappa shape index (κ1) is 27.6. The molecule has 1 saturated heterocycles. The van der Waals surface area contributed by atoms with Crippen molar-refractivity contribution >= 4 is 46.8 Å². The monoisotopic (exact) mass is 536 g/mol. The van der Waals surface area contributed by atoms with Crippen molar-refractivity contribution in [3.05, 3.63) is 58.0 Å². The van der Waals surface area contributed by atoms with E-state index in [-0.39, 0.29) is 24.2 Å². The van der Waals surface area contributed by atoms with Crippen molar-refractivity contribution in [2.24, 2.45) is 5.73 Å². The number of carboxylic acid groups (broad SMARTS) is 1. The Kier molecular flexibility index (Phi) is 10.3. The Morgan fingerprint density at radius 3 is 2.61 bits per heavy atom. The van der Waals surface area contributed by atoms with Gasteiger partial charge in [-0.05, 0) is 42.0 Å². The molecule has 1 aromatic heterocycles. The van der Waals surface area contributed by atoms with Gasteiger partial charge in [0.2, 0.25) is 17.7 Å². The molecule has 3 atom stereocenters. The molecule has 2 heterocycles. The number of hydrogen-bond donors (Lipinski definition) is 2. The number of carbonyl (C=O) groups excluding carboxylic acids is 4. The van der Waals surface area contributed by atoms with Crippen LogP contribution in [0.5, 0.6) is 0 Å². The summed E-state index contributed by atoms with van der Waals surface area (Å²) in [5.41, 5.74) is 6.47. The highest BCUT2D eigenvalue weighted by Gasteiger charge is 2.36. The van der Waals surface area contributed by atoms with Crippen LogP contribution in [0.15, 0.2) is 41.8 Å². The summed E-state index contributed by atoms with van der Waals surface area (Å²) >= 11 is 2.97. The molecule has 0 radical (unpaired) electrons. The minimum atomic E-state index is -1.45. The van der Waals surface area contributed by atoms with Gasteiger partial charge in [-0.1, -0.05) is 18.2 Å². The smallest absolute Gasteiger partial charge is 0.249 e. The van der Waals surface area contributed by atoms with E-state index in [1.54, 1.807) is 36.0 Å². The van der Waals surface area contributed by atoms with Crippen LogP contribution in [0.3, 0.4) is 0 Å². The zero-order valence-corrected chi connectivity index (χ0v) is 21.0. The van der Waals surface area contributed by atoms with Crippen LogP contribution < -0.4 is 16.2 Å². The molecule has 1 fully saturated rings. The van der Waals surface area contributed by atoms with Gasteiger partial charge in [0.15, 0.2) is 0 Å². The summed E-state index contributed by atoms with van der Waals surface area (Å²) < 4.78 is 18.1. The standard InChI is InChI=1S/C24H28FN3O6S2/c25-16-5-3-15(4-6-16)14-36-17-7-8-28(21(29)12-34-13-22(30)31)19(10-17)24(33)27-11-18(23(26)32)20-2-1-9-35-20/h1-6,9,17-19H,7-8,10-14H2,(H2,26,32)(H,27,33)(H,30,31)/p-1/t17-,18+,19-/m0/s1. The van der Waals surface area contributed by atoms with E-state index in [9.17, 15) is 28.7 Å². The fourth-order valence-corrected chi connectivity index (χ4v) is 5.93. The lowest BCUT2D eigenvalue weighted by Gasteiger charge is -2.38. The maximum Gasteiger partial charge on any atom is 0.249 e. The SMILES string of the molecule is NC(=O)[C@H](CNC(=O)[C@@H]1C[C@@H](SCc2ccc(F)cc2)CCN1C(=O)COCC(=O)[O-])c1cccs1. The highest BCUT2D eigenvalue weighted by molar-refractivity contribution is 7.99. The first-order chi connectivity index (χ1) is 17.2. The van der Waals surface area contributed by atoms with Crippen LogP contribution in [0.2, 0.25) is 0 Å². The predicted molar refractivity (Wildman–Crippen MR) is 131 cm³/mol. The summed E-state index contributed by atoms with van der Waals surface area (Å²) in [6.07, 6.45) is 0.963. The van der Waals surface area contributed by atoms with Crippen molar-refractivity contribution in [3.63, 3.8) is 0 Å². The molecule has 3 amide bonds. The zero-order chi connectivity index (χ0) is 26.1. The third kappa shape index (κ3) is 8.04. The van der Waals surface area contributed by atoms with Crippen molar-refractivity contribution < 1.29 is 33.4 Å². The van der Waals surface area contributed by atoms with E-state index in [1.165, 1.54) is 28.4 Å². The van der Waals surface area contributed by atoms with Crippen LogP contribution >= 0.6 is 23.1 Å². The summed E-state index contributed by atoms with van der Waals surface area (Å²) in [7, 11) is 0. The number of thioether (sulfide) groups is 1. The van der Waals surface area contributed by atoms with Gasteiger partial charge in [0.25, 0.3) is 0 Å². The number of thiophene rings is 1. The average molecular weight is 537 g/mol. The van der Waals surface area contributed by atoms with Crippen LogP contribution in [0, 0.1) is 5.82 Å². The normalized spacial score (nSPS) is 18.4. The molecule has 0 spiro atoms. The molecule has 2 aromatic rings. The lowest BCUT2D eigenvalue weighted by atomic mass is 10.00. The number of piperidine rings is 1. The molecule has 0 unspecified atom stereocenters. The van der Waals surface area contributed by atoms with Gasteiger partial charge in [-0.15, -0.1) is 11.3 Å². The molecule has 0 bridgehead atoms. The Labute approximate surface area is 216 Å². The highest BCUT2D eigenvalue weighted by Crippen LogP contribution is 2.30. The third-order valence-corrected chi connectivity index (χ3v) is 8.12. The number of nitrogens with one attached hydrogen (secondary N) is 1. The highest BCUT2D eigenvalue weighted by atomic mass is 32.2. The van der Waals surface area contributed by atoms with Gasteiger partial charge < -0.3 is 30.6 Å². The molecule has 1 aromatic carbocycles. The number of aliphatic carboxylic acids is 1. The number of rotatable bonds is 12. The van der Waals surface area contributed by atoms with Crippen molar-refractivity contribution in [1.82, 2.24) is 10.2 Å². The molecule has 1 aliphatic rings. The fraction of sp³-hybridized carbons (Fsp3) is 0.417. The summed E-state index contributed by atoms with van der Waals surface area (Å²) in [6.45, 7) is -0.962. The summed E-state index contributed by atoms with van der Waals surface area (Å²) in [5, 5.41) is 15.2. The number of carboxylic acids is 1. The Morgan fingerprint density at radius 2 is 1.97 bits per heavy atom. The van der Waals surface area contributed by atoms with Crippen molar-refractivity contribution in [2.45, 2.75) is 35.8 Å². The Morgan fingerprint density at radius 1 is 1.22 bits per heavy atom. The number of halogens is 1. The predicted octanol–water partition coefficient (Wildman–Crippen LogP) is 0.632. The second-order valence-electron chi connectivity index (χ2n) is 8.27. The van der Waals surface area contributed by atoms with Gasteiger partial charge >= 0.3 is 0 Å². The lowest BCUT2D eigenvalue weighted by Crippen LogP contribution is -2.55. The van der Waals surface area contributed by atoms with Crippen molar-refractivity contribution in [1.29, 1.82) is 0 Å². The van der Waals surface area contributed by atoms with E-state index in [1.807, 2.05) is 5.38 Å². The van der Waals surface area contributed by atoms with Gasteiger partial charge in [-0.3, -0.25) is 14.4 Å². The molecule has 0 aliphatic carbocycles. The van der Waals surface area contributed by atoms with Crippen LogP contribution in [0.4, 0.5) is 4.39 Å². The third-order valence-electron chi connectivity index (χ3n) is 5.73. The molecule has 9 nitrogen and oxygen atoms in total. The van der Waals surface area contributed by atoms with Crippen molar-refractivity contribution in [3.8, 4) is 0 Å². The van der Waals surface area contributed by atoms with Crippen molar-refractivity contribution in [2.75, 3.05) is 26.3 Å². The molecule has 3 N–H and O–H groups in total. The molecular weight excluding hydrogens is 509 g/mol. The van der Waals surface area contributed by atoms with E-state index in [0.717, 1.165) is 10.4 Å². The lowest BCUT2D eigenvalue weighted by molar-refractivity contribution is -0.309. The van der Waals surface area contributed by atoms with Gasteiger partial charge in [0.05, 0.1) is 18.5 Å². The number of hydrogen-bond acceptors (Lipinski definition) is 8. The quantitative estimate of drug-likeness (QED) is 0.405. The minimum absolute atomic E-state index is 0.0121. The van der Waals surface area contributed by atoms with Gasteiger partial charge in [0.1, 0.15) is 18.5 Å². The molecule has 0 saturated carbocycles. The summed E-state index contributed by atoms with van der Waals surface area (Å²) in [6, 6.07) is 8.91. The zero-order valence-electron chi connectivity index (χ0n) is 19.4. The number of likely N-dealkylation sites (tertiary alicyclic amines) is 1. The summed E-state index contributed by atoms with van der Waals surface area (Å²) in [4.78, 5) is 50.6. The van der Waals surface area contributed by atoms with Gasteiger partial charge in [0, 0.05) is 29.0 Å². The largest absolute Gasteiger partial charge is 0.548 e. The molecule has 194 valence electrons. The van der Waals surface area contributed by atoms with E-state index >= 15 is 0 Å². The molecular formula is C24H27FN3O6S2-. The average Bonchev–Trinajstić information content (AvgIpc) is 3.37. The second-order valence-corrected chi connectivity index (χ2v) is 10.5. The number of primary amides is 1.